The fourth-order valence-corrected chi connectivity index (χ4v) is 3.48. The number of aromatic nitrogens is 3. The van der Waals surface area contributed by atoms with E-state index in [2.05, 4.69) is 22.4 Å². The Morgan fingerprint density at radius 1 is 1.10 bits per heavy atom. The van der Waals surface area contributed by atoms with Crippen molar-refractivity contribution in [3.8, 4) is 11.4 Å². The predicted molar refractivity (Wildman–Crippen MR) is 116 cm³/mol. The van der Waals surface area contributed by atoms with E-state index in [1.807, 2.05) is 11.5 Å². The number of carbonyl (C=O) groups excluding carboxylic acids is 1. The summed E-state index contributed by atoms with van der Waals surface area (Å²) in [5.41, 5.74) is 1.28. The van der Waals surface area contributed by atoms with Gasteiger partial charge in [-0.1, -0.05) is 32.0 Å². The maximum atomic E-state index is 13.3. The minimum Gasteiger partial charge on any atom is -0.494 e. The lowest BCUT2D eigenvalue weighted by Gasteiger charge is -2.11. The minimum absolute atomic E-state index is 0.197. The zero-order valence-electron chi connectivity index (χ0n) is 17.1. The number of thioether (sulfide) groups is 1. The smallest absolute Gasteiger partial charge is 0.251 e. The van der Waals surface area contributed by atoms with E-state index in [9.17, 15) is 9.18 Å². The highest BCUT2D eigenvalue weighted by molar-refractivity contribution is 7.99. The van der Waals surface area contributed by atoms with Gasteiger partial charge in [-0.3, -0.25) is 9.36 Å². The molecule has 1 amide bonds. The molecule has 0 unspecified atom stereocenters. The number of benzene rings is 2. The highest BCUT2D eigenvalue weighted by Gasteiger charge is 2.15. The van der Waals surface area contributed by atoms with Gasteiger partial charge in [0, 0.05) is 11.3 Å². The van der Waals surface area contributed by atoms with E-state index < -0.39 is 0 Å². The van der Waals surface area contributed by atoms with Gasteiger partial charge in [-0.15, -0.1) is 10.2 Å². The first-order valence-corrected chi connectivity index (χ1v) is 10.9. The van der Waals surface area contributed by atoms with E-state index >= 15 is 0 Å². The zero-order valence-corrected chi connectivity index (χ0v) is 17.9. The number of carbonyl (C=O) groups is 1. The molecule has 6 nitrogen and oxygen atoms in total. The number of nitrogens with one attached hydrogen (secondary N) is 1. The number of hydrogen-bond donors (Lipinski definition) is 1. The first-order valence-electron chi connectivity index (χ1n) is 9.96. The van der Waals surface area contributed by atoms with Crippen molar-refractivity contribution in [2.24, 2.45) is 0 Å². The van der Waals surface area contributed by atoms with Gasteiger partial charge in [0.15, 0.2) is 11.0 Å². The molecule has 0 spiro atoms. The van der Waals surface area contributed by atoms with E-state index in [-0.39, 0.29) is 18.3 Å². The predicted octanol–water partition coefficient (Wildman–Crippen LogP) is 4.63. The lowest BCUT2D eigenvalue weighted by Crippen LogP contribution is -2.24. The van der Waals surface area contributed by atoms with Crippen LogP contribution in [0.2, 0.25) is 0 Å². The molecule has 2 aromatic carbocycles. The summed E-state index contributed by atoms with van der Waals surface area (Å²) >= 11 is 1.53. The third kappa shape index (κ3) is 5.60. The number of amides is 1. The normalized spacial score (nSPS) is 10.8. The molecule has 0 saturated carbocycles. The summed E-state index contributed by atoms with van der Waals surface area (Å²) in [6, 6.07) is 13.2. The molecule has 0 radical (unpaired) electrons. The molecule has 0 bridgehead atoms. The monoisotopic (exact) mass is 428 g/mol. The van der Waals surface area contributed by atoms with E-state index in [0.29, 0.717) is 23.2 Å². The molecule has 0 atom stereocenters. The standard InChI is InChI=1S/C22H25FN4O2S/c1-3-5-14-29-19-12-6-16(7-13-19)21(28)24-15-20-25-26-22(30-4-2)27(20)18-10-8-17(23)9-11-18/h6-13H,3-5,14-15H2,1-2H3,(H,24,28). The van der Waals surface area contributed by atoms with Crippen LogP contribution in [0, 0.1) is 5.82 Å². The van der Waals surface area contributed by atoms with E-state index in [4.69, 9.17) is 4.74 Å². The first kappa shape index (κ1) is 21.8. The van der Waals surface area contributed by atoms with Crippen LogP contribution in [0.15, 0.2) is 53.7 Å². The Kier molecular flexibility index (Phi) is 7.84. The summed E-state index contributed by atoms with van der Waals surface area (Å²) in [7, 11) is 0. The van der Waals surface area contributed by atoms with Crippen LogP contribution in [0.4, 0.5) is 4.39 Å². The Hall–Kier alpha value is -2.87. The van der Waals surface area contributed by atoms with Crippen molar-refractivity contribution < 1.29 is 13.9 Å². The van der Waals surface area contributed by atoms with Gasteiger partial charge >= 0.3 is 0 Å². The molecule has 1 heterocycles. The largest absolute Gasteiger partial charge is 0.494 e. The minimum atomic E-state index is -0.312. The maximum absolute atomic E-state index is 13.3. The fraction of sp³-hybridized carbons (Fsp3) is 0.318. The summed E-state index contributed by atoms with van der Waals surface area (Å²) in [6.45, 7) is 4.99. The number of halogens is 1. The van der Waals surface area contributed by atoms with E-state index in [1.54, 1.807) is 36.4 Å². The summed E-state index contributed by atoms with van der Waals surface area (Å²) < 4.78 is 20.8. The summed E-state index contributed by atoms with van der Waals surface area (Å²) in [6.07, 6.45) is 2.07. The lowest BCUT2D eigenvalue weighted by molar-refractivity contribution is 0.0949. The van der Waals surface area contributed by atoms with Gasteiger partial charge < -0.3 is 10.1 Å². The summed E-state index contributed by atoms with van der Waals surface area (Å²) in [5.74, 6) is 1.61. The number of hydrogen-bond acceptors (Lipinski definition) is 5. The van der Waals surface area contributed by atoms with E-state index in [0.717, 1.165) is 30.0 Å². The molecule has 3 aromatic rings. The number of rotatable bonds is 10. The molecule has 8 heteroatoms. The van der Waals surface area contributed by atoms with E-state index in [1.165, 1.54) is 23.9 Å². The second-order valence-electron chi connectivity index (χ2n) is 6.55. The highest BCUT2D eigenvalue weighted by atomic mass is 32.2. The van der Waals surface area contributed by atoms with Gasteiger partial charge in [-0.2, -0.15) is 0 Å². The third-order valence-electron chi connectivity index (χ3n) is 4.35. The van der Waals surface area contributed by atoms with Gasteiger partial charge in [0.2, 0.25) is 0 Å². The van der Waals surface area contributed by atoms with Crippen LogP contribution in [-0.2, 0) is 6.54 Å². The molecule has 30 heavy (non-hydrogen) atoms. The number of nitrogens with zero attached hydrogens (tertiary/aromatic N) is 3. The molecule has 0 aliphatic carbocycles. The first-order chi connectivity index (χ1) is 14.6. The van der Waals surface area contributed by atoms with Crippen molar-refractivity contribution in [2.75, 3.05) is 12.4 Å². The second-order valence-corrected chi connectivity index (χ2v) is 7.78. The molecule has 0 aliphatic heterocycles. The lowest BCUT2D eigenvalue weighted by atomic mass is 10.2. The summed E-state index contributed by atoms with van der Waals surface area (Å²) in [5, 5.41) is 12.0. The van der Waals surface area contributed by atoms with Crippen LogP contribution in [0.1, 0.15) is 42.9 Å². The van der Waals surface area contributed by atoms with Gasteiger partial charge in [-0.05, 0) is 60.7 Å². The number of ether oxygens (including phenoxy) is 1. The molecule has 1 aromatic heterocycles. The SMILES string of the molecule is CCCCOc1ccc(C(=O)NCc2nnc(SCC)n2-c2ccc(F)cc2)cc1. The quantitative estimate of drug-likeness (QED) is 0.377. The van der Waals surface area contributed by atoms with Crippen LogP contribution in [0.5, 0.6) is 5.75 Å². The molecule has 3 rings (SSSR count). The van der Waals surface area contributed by atoms with Crippen molar-refractivity contribution in [3.63, 3.8) is 0 Å². The summed E-state index contributed by atoms with van der Waals surface area (Å²) in [4.78, 5) is 12.6. The zero-order chi connectivity index (χ0) is 21.3. The Bertz CT molecular complexity index is 958. The Morgan fingerprint density at radius 2 is 1.83 bits per heavy atom. The second kappa shape index (κ2) is 10.8. The fourth-order valence-electron chi connectivity index (χ4n) is 2.79. The Balaban J connectivity index is 1.69. The molecule has 0 saturated heterocycles. The van der Waals surface area contributed by atoms with Gasteiger partial charge in [-0.25, -0.2) is 4.39 Å². The van der Waals surface area contributed by atoms with Crippen LogP contribution < -0.4 is 10.1 Å². The molecule has 158 valence electrons. The highest BCUT2D eigenvalue weighted by Crippen LogP contribution is 2.22. The van der Waals surface area contributed by atoms with Gasteiger partial charge in [0.1, 0.15) is 11.6 Å². The van der Waals surface area contributed by atoms with Crippen molar-refractivity contribution in [1.82, 2.24) is 20.1 Å². The van der Waals surface area contributed by atoms with Crippen LogP contribution in [0.25, 0.3) is 5.69 Å². The van der Waals surface area contributed by atoms with Crippen LogP contribution in [0.3, 0.4) is 0 Å². The van der Waals surface area contributed by atoms with Crippen molar-refractivity contribution in [2.45, 2.75) is 38.4 Å². The Labute approximate surface area is 179 Å². The van der Waals surface area contributed by atoms with Crippen molar-refractivity contribution in [1.29, 1.82) is 0 Å². The average molecular weight is 429 g/mol. The maximum Gasteiger partial charge on any atom is 0.251 e. The number of unbranched alkanes of at least 4 members (excludes halogenated alkanes) is 1. The third-order valence-corrected chi connectivity index (χ3v) is 5.16. The Morgan fingerprint density at radius 3 is 2.50 bits per heavy atom. The molecule has 0 fully saturated rings. The van der Waals surface area contributed by atoms with Crippen molar-refractivity contribution in [3.05, 3.63) is 65.7 Å². The average Bonchev–Trinajstić information content (AvgIpc) is 3.16. The molecular formula is C22H25FN4O2S. The molecular weight excluding hydrogens is 403 g/mol. The van der Waals surface area contributed by atoms with Gasteiger partial charge in [0.25, 0.3) is 5.91 Å². The van der Waals surface area contributed by atoms with Gasteiger partial charge in [0.05, 0.1) is 13.2 Å². The molecule has 1 N–H and O–H groups in total. The van der Waals surface area contributed by atoms with Crippen LogP contribution in [-0.4, -0.2) is 33.0 Å². The molecule has 0 aliphatic rings. The van der Waals surface area contributed by atoms with Crippen LogP contribution >= 0.6 is 11.8 Å². The van der Waals surface area contributed by atoms with Crippen molar-refractivity contribution >= 4 is 17.7 Å². The topological polar surface area (TPSA) is 69.0 Å².